The Bertz CT molecular complexity index is 769. The van der Waals surface area contributed by atoms with Crippen molar-refractivity contribution < 1.29 is 0 Å². The minimum Gasteiger partial charge on any atom is -0.324 e. The maximum atomic E-state index is 6.07. The molecule has 1 aromatic heterocycles. The van der Waals surface area contributed by atoms with Crippen LogP contribution in [0.4, 0.5) is 0 Å². The fraction of sp³-hybridized carbons (Fsp3) is 0.278. The van der Waals surface area contributed by atoms with Crippen molar-refractivity contribution in [2.75, 3.05) is 0 Å². The first-order valence-corrected chi connectivity index (χ1v) is 7.40. The first-order valence-electron chi connectivity index (χ1n) is 7.40. The van der Waals surface area contributed by atoms with E-state index < -0.39 is 0 Å². The van der Waals surface area contributed by atoms with Gasteiger partial charge in [0, 0.05) is 11.7 Å². The van der Waals surface area contributed by atoms with Crippen LogP contribution in [0.15, 0.2) is 42.7 Å². The van der Waals surface area contributed by atoms with Gasteiger partial charge in [0.2, 0.25) is 0 Å². The number of aromatic nitrogens is 2. The summed E-state index contributed by atoms with van der Waals surface area (Å²) in [7, 11) is 0. The van der Waals surface area contributed by atoms with E-state index in [4.69, 9.17) is 5.73 Å². The number of hydrogen-bond acceptors (Lipinski definition) is 2. The van der Waals surface area contributed by atoms with Gasteiger partial charge >= 0.3 is 0 Å². The van der Waals surface area contributed by atoms with Crippen molar-refractivity contribution in [3.05, 3.63) is 59.4 Å². The van der Waals surface area contributed by atoms with Crippen molar-refractivity contribution in [2.45, 2.75) is 33.2 Å². The van der Waals surface area contributed by atoms with Gasteiger partial charge in [-0.3, -0.25) is 4.57 Å². The van der Waals surface area contributed by atoms with E-state index in [0.717, 1.165) is 23.1 Å². The van der Waals surface area contributed by atoms with Gasteiger partial charge in [-0.25, -0.2) is 4.98 Å². The summed E-state index contributed by atoms with van der Waals surface area (Å²) in [4.78, 5) is 4.51. The molecule has 0 saturated carbocycles. The molecule has 2 aromatic carbocycles. The van der Waals surface area contributed by atoms with E-state index in [1.165, 1.54) is 16.7 Å². The number of rotatable bonds is 3. The molecule has 0 aliphatic heterocycles. The molecule has 0 aliphatic rings. The van der Waals surface area contributed by atoms with Crippen LogP contribution in [0.1, 0.15) is 36.1 Å². The highest BCUT2D eigenvalue weighted by Gasteiger charge is 2.08. The van der Waals surface area contributed by atoms with E-state index in [9.17, 15) is 0 Å². The standard InChI is InChI=1S/C18H21N3/c1-4-16(19)14-5-7-15(8-6-14)21-11-20-17-9-12(2)13(3)10-18(17)21/h5-11,16H,4,19H2,1-3H3/t16-/m0/s1. The number of imidazole rings is 1. The summed E-state index contributed by atoms with van der Waals surface area (Å²) < 4.78 is 2.13. The average molecular weight is 279 g/mol. The molecule has 1 heterocycles. The zero-order valence-corrected chi connectivity index (χ0v) is 12.8. The zero-order valence-electron chi connectivity index (χ0n) is 12.8. The smallest absolute Gasteiger partial charge is 0.100 e. The van der Waals surface area contributed by atoms with Gasteiger partial charge in [-0.1, -0.05) is 19.1 Å². The molecule has 1 atom stereocenters. The summed E-state index contributed by atoms with van der Waals surface area (Å²) in [5, 5.41) is 0. The van der Waals surface area contributed by atoms with Crippen LogP contribution in [0.25, 0.3) is 16.7 Å². The normalized spacial score (nSPS) is 12.8. The second-order valence-corrected chi connectivity index (χ2v) is 5.65. The molecule has 0 bridgehead atoms. The van der Waals surface area contributed by atoms with Crippen LogP contribution in [0.3, 0.4) is 0 Å². The van der Waals surface area contributed by atoms with Crippen molar-refractivity contribution in [3.63, 3.8) is 0 Å². The molecule has 3 nitrogen and oxygen atoms in total. The molecule has 21 heavy (non-hydrogen) atoms. The second-order valence-electron chi connectivity index (χ2n) is 5.65. The van der Waals surface area contributed by atoms with Crippen molar-refractivity contribution >= 4 is 11.0 Å². The molecule has 2 N–H and O–H groups in total. The summed E-state index contributed by atoms with van der Waals surface area (Å²) in [6.45, 7) is 6.36. The average Bonchev–Trinajstić information content (AvgIpc) is 2.90. The van der Waals surface area contributed by atoms with Crippen LogP contribution in [-0.4, -0.2) is 9.55 Å². The summed E-state index contributed by atoms with van der Waals surface area (Å²) in [5.74, 6) is 0. The fourth-order valence-electron chi connectivity index (χ4n) is 2.59. The topological polar surface area (TPSA) is 43.8 Å². The van der Waals surface area contributed by atoms with Gasteiger partial charge < -0.3 is 5.73 Å². The number of nitrogens with zero attached hydrogens (tertiary/aromatic N) is 2. The molecule has 3 heteroatoms. The molecule has 0 saturated heterocycles. The predicted molar refractivity (Wildman–Crippen MR) is 87.8 cm³/mol. The Morgan fingerprint density at radius 2 is 1.76 bits per heavy atom. The van der Waals surface area contributed by atoms with E-state index in [-0.39, 0.29) is 6.04 Å². The monoisotopic (exact) mass is 279 g/mol. The highest BCUT2D eigenvalue weighted by atomic mass is 15.0. The van der Waals surface area contributed by atoms with Gasteiger partial charge in [-0.2, -0.15) is 0 Å². The minimum atomic E-state index is 0.114. The summed E-state index contributed by atoms with van der Waals surface area (Å²) in [6, 6.07) is 12.9. The highest BCUT2D eigenvalue weighted by molar-refractivity contribution is 5.79. The number of fused-ring (bicyclic) bond motifs is 1. The number of nitrogens with two attached hydrogens (primary N) is 1. The second kappa shape index (κ2) is 5.34. The van der Waals surface area contributed by atoms with E-state index in [1.54, 1.807) is 0 Å². The Morgan fingerprint density at radius 3 is 2.43 bits per heavy atom. The Labute approximate surface area is 125 Å². The molecule has 0 spiro atoms. The maximum Gasteiger partial charge on any atom is 0.100 e. The molecule has 3 aromatic rings. The Morgan fingerprint density at radius 1 is 1.10 bits per heavy atom. The van der Waals surface area contributed by atoms with Crippen LogP contribution < -0.4 is 5.73 Å². The molecule has 108 valence electrons. The van der Waals surface area contributed by atoms with Crippen LogP contribution >= 0.6 is 0 Å². The molecule has 0 aliphatic carbocycles. The molecular weight excluding hydrogens is 258 g/mol. The number of aryl methyl sites for hydroxylation is 2. The van der Waals surface area contributed by atoms with Gasteiger partial charge in [-0.05, 0) is 61.2 Å². The molecule has 0 unspecified atom stereocenters. The minimum absolute atomic E-state index is 0.114. The molecule has 0 radical (unpaired) electrons. The maximum absolute atomic E-state index is 6.07. The van der Waals surface area contributed by atoms with Gasteiger partial charge in [0.05, 0.1) is 11.0 Å². The van der Waals surface area contributed by atoms with E-state index in [1.807, 2.05) is 6.33 Å². The Hall–Kier alpha value is -2.13. The Balaban J connectivity index is 2.06. The van der Waals surface area contributed by atoms with Gasteiger partial charge in [0.15, 0.2) is 0 Å². The predicted octanol–water partition coefficient (Wildman–Crippen LogP) is 4.05. The summed E-state index contributed by atoms with van der Waals surface area (Å²) >= 11 is 0. The van der Waals surface area contributed by atoms with Crippen molar-refractivity contribution in [1.82, 2.24) is 9.55 Å². The van der Waals surface area contributed by atoms with Gasteiger partial charge in [0.1, 0.15) is 6.33 Å². The van der Waals surface area contributed by atoms with Crippen molar-refractivity contribution in [2.24, 2.45) is 5.73 Å². The van der Waals surface area contributed by atoms with Crippen LogP contribution in [-0.2, 0) is 0 Å². The lowest BCUT2D eigenvalue weighted by atomic mass is 10.1. The molecule has 3 rings (SSSR count). The third-order valence-electron chi connectivity index (χ3n) is 4.20. The largest absolute Gasteiger partial charge is 0.324 e. The SMILES string of the molecule is CC[C@H](N)c1ccc(-n2cnc3cc(C)c(C)cc32)cc1. The quantitative estimate of drug-likeness (QED) is 0.786. The first kappa shape index (κ1) is 13.8. The summed E-state index contributed by atoms with van der Waals surface area (Å²) in [6.07, 6.45) is 2.84. The summed E-state index contributed by atoms with van der Waals surface area (Å²) in [5.41, 5.74) is 13.1. The lowest BCUT2D eigenvalue weighted by Crippen LogP contribution is -2.08. The first-order chi connectivity index (χ1) is 10.1. The molecular formula is C18H21N3. The van der Waals surface area contributed by atoms with Crippen LogP contribution in [0.2, 0.25) is 0 Å². The fourth-order valence-corrected chi connectivity index (χ4v) is 2.59. The van der Waals surface area contributed by atoms with Gasteiger partial charge in [0.25, 0.3) is 0 Å². The van der Waals surface area contributed by atoms with Crippen molar-refractivity contribution in [1.29, 1.82) is 0 Å². The lowest BCUT2D eigenvalue weighted by Gasteiger charge is -2.11. The van der Waals surface area contributed by atoms with Crippen LogP contribution in [0, 0.1) is 13.8 Å². The third kappa shape index (κ3) is 2.45. The van der Waals surface area contributed by atoms with E-state index in [0.29, 0.717) is 0 Å². The van der Waals surface area contributed by atoms with Crippen molar-refractivity contribution in [3.8, 4) is 5.69 Å². The third-order valence-corrected chi connectivity index (χ3v) is 4.20. The Kier molecular flexibility index (Phi) is 3.52. The van der Waals surface area contributed by atoms with E-state index >= 15 is 0 Å². The zero-order chi connectivity index (χ0) is 15.0. The molecule has 0 fully saturated rings. The highest BCUT2D eigenvalue weighted by Crippen LogP contribution is 2.23. The lowest BCUT2D eigenvalue weighted by molar-refractivity contribution is 0.698. The number of benzene rings is 2. The molecule has 0 amide bonds. The van der Waals surface area contributed by atoms with E-state index in [2.05, 4.69) is 66.7 Å². The van der Waals surface area contributed by atoms with Gasteiger partial charge in [-0.15, -0.1) is 0 Å². The van der Waals surface area contributed by atoms with Crippen LogP contribution in [0.5, 0.6) is 0 Å². The number of hydrogen-bond donors (Lipinski definition) is 1.